The molecule has 0 spiro atoms. The molecular formula is C14H30N4. The third-order valence-electron chi connectivity index (χ3n) is 4.93. The molecule has 18 heavy (non-hydrogen) atoms. The minimum absolute atomic E-state index is 0.429. The zero-order valence-electron chi connectivity index (χ0n) is 11.9. The minimum atomic E-state index is 0.429. The number of rotatable bonds is 4. The number of piperidine rings is 2. The fourth-order valence-corrected chi connectivity index (χ4v) is 3.54. The Balaban J connectivity index is 1.75. The number of hydrogen-bond acceptors (Lipinski definition) is 4. The van der Waals surface area contributed by atoms with E-state index in [1.54, 1.807) is 0 Å². The van der Waals surface area contributed by atoms with Gasteiger partial charge in [0.15, 0.2) is 0 Å². The van der Waals surface area contributed by atoms with Gasteiger partial charge >= 0.3 is 0 Å². The highest BCUT2D eigenvalue weighted by atomic mass is 15.1. The van der Waals surface area contributed by atoms with Crippen LogP contribution >= 0.6 is 0 Å². The average molecular weight is 254 g/mol. The van der Waals surface area contributed by atoms with Crippen LogP contribution in [0.1, 0.15) is 25.7 Å². The Morgan fingerprint density at radius 2 is 1.50 bits per heavy atom. The highest BCUT2D eigenvalue weighted by Gasteiger charge is 2.30. The number of nitrogens with two attached hydrogens (primary N) is 2. The van der Waals surface area contributed by atoms with Gasteiger partial charge in [0.2, 0.25) is 0 Å². The molecule has 2 heterocycles. The average Bonchev–Trinajstić information content (AvgIpc) is 2.40. The SMILES string of the molecule is CN1CCC(C(N)C2CCN(CCN)CC2)CC1. The highest BCUT2D eigenvalue weighted by Crippen LogP contribution is 2.28. The van der Waals surface area contributed by atoms with Gasteiger partial charge in [0.05, 0.1) is 0 Å². The molecule has 2 rings (SSSR count). The molecule has 0 bridgehead atoms. The van der Waals surface area contributed by atoms with Crippen LogP contribution in [0.5, 0.6) is 0 Å². The van der Waals surface area contributed by atoms with E-state index >= 15 is 0 Å². The van der Waals surface area contributed by atoms with Crippen molar-refractivity contribution in [1.82, 2.24) is 9.80 Å². The summed E-state index contributed by atoms with van der Waals surface area (Å²) in [6.07, 6.45) is 5.13. The third-order valence-corrected chi connectivity index (χ3v) is 4.93. The predicted molar refractivity (Wildman–Crippen MR) is 76.4 cm³/mol. The van der Waals surface area contributed by atoms with Gasteiger partial charge in [-0.25, -0.2) is 0 Å². The van der Waals surface area contributed by atoms with Gasteiger partial charge < -0.3 is 21.3 Å². The second-order valence-electron chi connectivity index (χ2n) is 6.19. The number of hydrogen-bond donors (Lipinski definition) is 2. The second-order valence-corrected chi connectivity index (χ2v) is 6.19. The van der Waals surface area contributed by atoms with Crippen LogP contribution in [0.2, 0.25) is 0 Å². The van der Waals surface area contributed by atoms with Crippen LogP contribution in [0.3, 0.4) is 0 Å². The maximum Gasteiger partial charge on any atom is 0.0105 e. The lowest BCUT2D eigenvalue weighted by molar-refractivity contribution is 0.124. The lowest BCUT2D eigenvalue weighted by Crippen LogP contribution is -2.47. The summed E-state index contributed by atoms with van der Waals surface area (Å²) in [5.41, 5.74) is 12.1. The van der Waals surface area contributed by atoms with E-state index in [1.807, 2.05) is 0 Å². The number of nitrogens with zero attached hydrogens (tertiary/aromatic N) is 2. The molecule has 1 unspecified atom stereocenters. The molecule has 4 N–H and O–H groups in total. The van der Waals surface area contributed by atoms with Gasteiger partial charge in [-0.05, 0) is 70.7 Å². The van der Waals surface area contributed by atoms with Crippen molar-refractivity contribution in [3.63, 3.8) is 0 Å². The molecule has 2 saturated heterocycles. The summed E-state index contributed by atoms with van der Waals surface area (Å²) < 4.78 is 0. The van der Waals surface area contributed by atoms with E-state index in [2.05, 4.69) is 16.8 Å². The topological polar surface area (TPSA) is 58.5 Å². The standard InChI is InChI=1S/C14H30N4/c1-17-7-2-12(3-8-17)14(16)13-4-9-18(10-5-13)11-6-15/h12-14H,2-11,15-16H2,1H3. The van der Waals surface area contributed by atoms with Crippen LogP contribution in [0.25, 0.3) is 0 Å². The van der Waals surface area contributed by atoms with Gasteiger partial charge in [-0.1, -0.05) is 0 Å². The molecular weight excluding hydrogens is 224 g/mol. The molecule has 0 amide bonds. The van der Waals surface area contributed by atoms with Crippen molar-refractivity contribution in [3.05, 3.63) is 0 Å². The van der Waals surface area contributed by atoms with Gasteiger partial charge in [0.1, 0.15) is 0 Å². The summed E-state index contributed by atoms with van der Waals surface area (Å²) in [7, 11) is 2.22. The summed E-state index contributed by atoms with van der Waals surface area (Å²) in [5.74, 6) is 1.50. The molecule has 4 heteroatoms. The van der Waals surface area contributed by atoms with Crippen molar-refractivity contribution in [2.24, 2.45) is 23.3 Å². The van der Waals surface area contributed by atoms with Crippen LogP contribution in [0, 0.1) is 11.8 Å². The highest BCUT2D eigenvalue weighted by molar-refractivity contribution is 4.87. The third kappa shape index (κ3) is 3.67. The van der Waals surface area contributed by atoms with E-state index in [9.17, 15) is 0 Å². The fraction of sp³-hybridized carbons (Fsp3) is 1.00. The minimum Gasteiger partial charge on any atom is -0.329 e. The molecule has 106 valence electrons. The molecule has 0 radical (unpaired) electrons. The molecule has 4 nitrogen and oxygen atoms in total. The maximum atomic E-state index is 6.53. The summed E-state index contributed by atoms with van der Waals surface area (Å²) in [5, 5.41) is 0. The maximum absolute atomic E-state index is 6.53. The fourth-order valence-electron chi connectivity index (χ4n) is 3.54. The van der Waals surface area contributed by atoms with Gasteiger partial charge in [0, 0.05) is 19.1 Å². The first kappa shape index (κ1) is 14.3. The van der Waals surface area contributed by atoms with Crippen LogP contribution in [-0.2, 0) is 0 Å². The van der Waals surface area contributed by atoms with E-state index in [0.29, 0.717) is 6.04 Å². The first-order chi connectivity index (χ1) is 8.70. The van der Waals surface area contributed by atoms with Crippen molar-refractivity contribution < 1.29 is 0 Å². The zero-order chi connectivity index (χ0) is 13.0. The molecule has 2 aliphatic heterocycles. The van der Waals surface area contributed by atoms with Crippen LogP contribution < -0.4 is 11.5 Å². The Kier molecular flexibility index (Phi) is 5.42. The molecule has 0 aliphatic carbocycles. The zero-order valence-corrected chi connectivity index (χ0v) is 11.9. The lowest BCUT2D eigenvalue weighted by Gasteiger charge is -2.40. The monoisotopic (exact) mass is 254 g/mol. The van der Waals surface area contributed by atoms with E-state index in [0.717, 1.165) is 24.9 Å². The summed E-state index contributed by atoms with van der Waals surface area (Å²) >= 11 is 0. The van der Waals surface area contributed by atoms with Crippen LogP contribution in [0.4, 0.5) is 0 Å². The quantitative estimate of drug-likeness (QED) is 0.759. The van der Waals surface area contributed by atoms with Crippen molar-refractivity contribution >= 4 is 0 Å². The Hall–Kier alpha value is -0.160. The molecule has 0 aromatic rings. The van der Waals surface area contributed by atoms with E-state index in [4.69, 9.17) is 11.5 Å². The van der Waals surface area contributed by atoms with Crippen molar-refractivity contribution in [2.75, 3.05) is 46.3 Å². The van der Waals surface area contributed by atoms with Gasteiger partial charge in [-0.3, -0.25) is 0 Å². The van der Waals surface area contributed by atoms with Gasteiger partial charge in [0.25, 0.3) is 0 Å². The molecule has 2 fully saturated rings. The number of likely N-dealkylation sites (tertiary alicyclic amines) is 2. The van der Waals surface area contributed by atoms with Crippen LogP contribution in [0.15, 0.2) is 0 Å². The first-order valence-electron chi connectivity index (χ1n) is 7.57. The lowest BCUT2D eigenvalue weighted by atomic mass is 9.78. The largest absolute Gasteiger partial charge is 0.329 e. The summed E-state index contributed by atoms with van der Waals surface area (Å²) in [6.45, 7) is 6.68. The smallest absolute Gasteiger partial charge is 0.0105 e. The Labute approximate surface area is 112 Å². The Morgan fingerprint density at radius 1 is 1.00 bits per heavy atom. The molecule has 0 aromatic carbocycles. The molecule has 0 aromatic heterocycles. The Bertz CT molecular complexity index is 230. The normalized spacial score (nSPS) is 27.5. The van der Waals surface area contributed by atoms with Gasteiger partial charge in [-0.15, -0.1) is 0 Å². The van der Waals surface area contributed by atoms with Crippen molar-refractivity contribution in [3.8, 4) is 0 Å². The van der Waals surface area contributed by atoms with Crippen molar-refractivity contribution in [1.29, 1.82) is 0 Å². The van der Waals surface area contributed by atoms with Gasteiger partial charge in [-0.2, -0.15) is 0 Å². The van der Waals surface area contributed by atoms with E-state index < -0.39 is 0 Å². The second kappa shape index (κ2) is 6.85. The summed E-state index contributed by atoms with van der Waals surface area (Å²) in [6, 6.07) is 0.429. The molecule has 0 saturated carbocycles. The summed E-state index contributed by atoms with van der Waals surface area (Å²) in [4.78, 5) is 4.91. The molecule has 1 atom stereocenters. The molecule has 2 aliphatic rings. The van der Waals surface area contributed by atoms with Crippen molar-refractivity contribution in [2.45, 2.75) is 31.7 Å². The van der Waals surface area contributed by atoms with Crippen LogP contribution in [-0.4, -0.2) is 62.2 Å². The predicted octanol–water partition coefficient (Wildman–Crippen LogP) is 0.326. The first-order valence-corrected chi connectivity index (χ1v) is 7.57. The Morgan fingerprint density at radius 3 is 2.00 bits per heavy atom. The van der Waals surface area contributed by atoms with E-state index in [1.165, 1.54) is 51.9 Å². The van der Waals surface area contributed by atoms with E-state index in [-0.39, 0.29) is 0 Å².